The van der Waals surface area contributed by atoms with Crippen molar-refractivity contribution in [3.63, 3.8) is 0 Å². The monoisotopic (exact) mass is 567 g/mol. The minimum absolute atomic E-state index is 0.00136. The maximum absolute atomic E-state index is 14.1. The molecule has 3 aromatic rings. The molecule has 0 aliphatic heterocycles. The lowest BCUT2D eigenvalue weighted by Gasteiger charge is -2.35. The molecule has 0 aromatic heterocycles. The van der Waals surface area contributed by atoms with Crippen molar-refractivity contribution >= 4 is 27.5 Å². The van der Waals surface area contributed by atoms with Crippen LogP contribution in [0.2, 0.25) is 0 Å². The summed E-state index contributed by atoms with van der Waals surface area (Å²) in [5.41, 5.74) is 2.01. The van der Waals surface area contributed by atoms with Gasteiger partial charge < -0.3 is 10.2 Å². The molecule has 7 nitrogen and oxygen atoms in total. The SMILES string of the molecule is CC[C@@H](C(=O)NC(C)(C)C)N(Cc1ccc(F)cc1)C(=O)CN(c1ccccc1C)S(=O)(=O)c1ccc(C)cc1. The number of anilines is 1. The van der Waals surface area contributed by atoms with Gasteiger partial charge in [-0.2, -0.15) is 0 Å². The van der Waals surface area contributed by atoms with Crippen LogP contribution < -0.4 is 9.62 Å². The van der Waals surface area contributed by atoms with Crippen LogP contribution in [0, 0.1) is 19.7 Å². The second-order valence-corrected chi connectivity index (χ2v) is 12.8. The van der Waals surface area contributed by atoms with E-state index >= 15 is 0 Å². The number of amides is 2. The van der Waals surface area contributed by atoms with E-state index in [0.717, 1.165) is 9.87 Å². The second-order valence-electron chi connectivity index (χ2n) is 10.9. The fourth-order valence-electron chi connectivity index (χ4n) is 4.35. The van der Waals surface area contributed by atoms with Gasteiger partial charge in [0.25, 0.3) is 10.0 Å². The highest BCUT2D eigenvalue weighted by Gasteiger charge is 2.35. The third-order valence-electron chi connectivity index (χ3n) is 6.42. The Balaban J connectivity index is 2.08. The van der Waals surface area contributed by atoms with Gasteiger partial charge in [-0.05, 0) is 82.5 Å². The molecule has 40 heavy (non-hydrogen) atoms. The van der Waals surface area contributed by atoms with E-state index in [1.165, 1.54) is 29.2 Å². The lowest BCUT2D eigenvalue weighted by atomic mass is 10.1. The Morgan fingerprint density at radius 1 is 0.925 bits per heavy atom. The van der Waals surface area contributed by atoms with E-state index in [1.54, 1.807) is 62.4 Å². The molecule has 1 N–H and O–H groups in total. The van der Waals surface area contributed by atoms with Gasteiger partial charge in [0, 0.05) is 12.1 Å². The van der Waals surface area contributed by atoms with E-state index in [4.69, 9.17) is 0 Å². The van der Waals surface area contributed by atoms with Crippen LogP contribution in [0.15, 0.2) is 77.7 Å². The number of para-hydroxylation sites is 1. The largest absolute Gasteiger partial charge is 0.350 e. The number of carbonyl (C=O) groups excluding carboxylic acids is 2. The third-order valence-corrected chi connectivity index (χ3v) is 8.20. The number of rotatable bonds is 10. The maximum Gasteiger partial charge on any atom is 0.264 e. The molecule has 0 heterocycles. The molecule has 214 valence electrons. The first-order valence-electron chi connectivity index (χ1n) is 13.2. The van der Waals surface area contributed by atoms with Gasteiger partial charge in [-0.25, -0.2) is 12.8 Å². The minimum Gasteiger partial charge on any atom is -0.350 e. The lowest BCUT2D eigenvalue weighted by molar-refractivity contribution is -0.141. The van der Waals surface area contributed by atoms with Crippen LogP contribution >= 0.6 is 0 Å². The molecule has 0 spiro atoms. The van der Waals surface area contributed by atoms with Gasteiger partial charge in [-0.15, -0.1) is 0 Å². The summed E-state index contributed by atoms with van der Waals surface area (Å²) in [4.78, 5) is 28.9. The predicted octanol–water partition coefficient (Wildman–Crippen LogP) is 5.36. The molecule has 2 amide bonds. The van der Waals surface area contributed by atoms with Crippen LogP contribution in [0.25, 0.3) is 0 Å². The zero-order valence-corrected chi connectivity index (χ0v) is 24.8. The Kier molecular flexibility index (Phi) is 9.73. The van der Waals surface area contributed by atoms with Gasteiger partial charge >= 0.3 is 0 Å². The van der Waals surface area contributed by atoms with Crippen molar-refractivity contribution in [1.29, 1.82) is 0 Å². The van der Waals surface area contributed by atoms with Crippen molar-refractivity contribution in [2.24, 2.45) is 0 Å². The van der Waals surface area contributed by atoms with Crippen molar-refractivity contribution in [2.45, 2.75) is 71.0 Å². The van der Waals surface area contributed by atoms with Crippen molar-refractivity contribution < 1.29 is 22.4 Å². The van der Waals surface area contributed by atoms with E-state index in [1.807, 2.05) is 27.7 Å². The molecule has 0 saturated heterocycles. The smallest absolute Gasteiger partial charge is 0.264 e. The summed E-state index contributed by atoms with van der Waals surface area (Å²) in [6, 6.07) is 18.2. The fraction of sp³-hybridized carbons (Fsp3) is 0.355. The minimum atomic E-state index is -4.15. The number of sulfonamides is 1. The van der Waals surface area contributed by atoms with E-state index in [9.17, 15) is 22.4 Å². The number of nitrogens with one attached hydrogen (secondary N) is 1. The van der Waals surface area contributed by atoms with Gasteiger partial charge in [0.15, 0.2) is 0 Å². The quantitative estimate of drug-likeness (QED) is 0.357. The van der Waals surface area contributed by atoms with Gasteiger partial charge in [-0.1, -0.05) is 55.0 Å². The summed E-state index contributed by atoms with van der Waals surface area (Å²) in [5, 5.41) is 2.93. The Labute approximate surface area is 237 Å². The average Bonchev–Trinajstić information content (AvgIpc) is 2.88. The molecule has 0 saturated carbocycles. The van der Waals surface area contributed by atoms with Crippen LogP contribution in [-0.2, 0) is 26.2 Å². The van der Waals surface area contributed by atoms with Gasteiger partial charge in [0.2, 0.25) is 11.8 Å². The Hall–Kier alpha value is -3.72. The molecule has 0 aliphatic rings. The zero-order valence-electron chi connectivity index (χ0n) is 23.9. The number of nitrogens with zero attached hydrogens (tertiary/aromatic N) is 2. The highest BCUT2D eigenvalue weighted by molar-refractivity contribution is 7.92. The molecule has 0 aliphatic carbocycles. The van der Waals surface area contributed by atoms with E-state index in [2.05, 4.69) is 5.32 Å². The topological polar surface area (TPSA) is 86.8 Å². The zero-order chi connectivity index (χ0) is 29.7. The first-order valence-corrected chi connectivity index (χ1v) is 14.7. The van der Waals surface area contributed by atoms with E-state index in [-0.39, 0.29) is 17.3 Å². The second kappa shape index (κ2) is 12.6. The fourth-order valence-corrected chi connectivity index (χ4v) is 5.83. The van der Waals surface area contributed by atoms with Crippen molar-refractivity contribution in [3.05, 3.63) is 95.3 Å². The first kappa shape index (κ1) is 30.8. The number of aryl methyl sites for hydroxylation is 2. The van der Waals surface area contributed by atoms with Crippen LogP contribution in [0.3, 0.4) is 0 Å². The van der Waals surface area contributed by atoms with Crippen molar-refractivity contribution in [1.82, 2.24) is 10.2 Å². The van der Waals surface area contributed by atoms with Gasteiger partial charge in [0.1, 0.15) is 18.4 Å². The lowest BCUT2D eigenvalue weighted by Crippen LogP contribution is -2.55. The molecular formula is C31H38FN3O4S. The summed E-state index contributed by atoms with van der Waals surface area (Å²) >= 11 is 0. The van der Waals surface area contributed by atoms with Gasteiger partial charge in [0.05, 0.1) is 10.6 Å². The van der Waals surface area contributed by atoms with Crippen molar-refractivity contribution in [3.8, 4) is 0 Å². The standard InChI is InChI=1S/C31H38FN3O4S/c1-7-27(30(37)33-31(4,5)6)34(20-24-14-16-25(32)17-15-24)29(36)21-35(28-11-9-8-10-23(28)3)40(38,39)26-18-12-22(2)13-19-26/h8-19,27H,7,20-21H2,1-6H3,(H,33,37)/t27-/m0/s1. The molecule has 9 heteroatoms. The van der Waals surface area contributed by atoms with E-state index < -0.39 is 39.9 Å². The molecule has 3 aromatic carbocycles. The summed E-state index contributed by atoms with van der Waals surface area (Å²) in [6.07, 6.45) is 0.296. The summed E-state index contributed by atoms with van der Waals surface area (Å²) < 4.78 is 42.6. The molecule has 0 fully saturated rings. The predicted molar refractivity (Wildman–Crippen MR) is 156 cm³/mol. The third kappa shape index (κ3) is 7.69. The van der Waals surface area contributed by atoms with Gasteiger partial charge in [-0.3, -0.25) is 13.9 Å². The molecule has 0 bridgehead atoms. The Bertz CT molecular complexity index is 1430. The van der Waals surface area contributed by atoms with Crippen molar-refractivity contribution in [2.75, 3.05) is 10.8 Å². The number of benzene rings is 3. The number of hydrogen-bond donors (Lipinski definition) is 1. The Morgan fingerprint density at radius 3 is 2.08 bits per heavy atom. The van der Waals surface area contributed by atoms with Crippen LogP contribution in [0.5, 0.6) is 0 Å². The average molecular weight is 568 g/mol. The number of halogens is 1. The highest BCUT2D eigenvalue weighted by atomic mass is 32.2. The summed E-state index contributed by atoms with van der Waals surface area (Å²) in [5.74, 6) is -1.33. The molecule has 0 unspecified atom stereocenters. The maximum atomic E-state index is 14.1. The normalized spacial score (nSPS) is 12.5. The van der Waals surface area contributed by atoms with Crippen LogP contribution in [0.4, 0.5) is 10.1 Å². The molecule has 3 rings (SSSR count). The van der Waals surface area contributed by atoms with Crippen LogP contribution in [0.1, 0.15) is 50.8 Å². The summed E-state index contributed by atoms with van der Waals surface area (Å²) in [7, 11) is -4.15. The Morgan fingerprint density at radius 2 is 1.52 bits per heavy atom. The molecule has 0 radical (unpaired) electrons. The number of carbonyl (C=O) groups is 2. The highest BCUT2D eigenvalue weighted by Crippen LogP contribution is 2.28. The number of hydrogen-bond acceptors (Lipinski definition) is 4. The summed E-state index contributed by atoms with van der Waals surface area (Å²) in [6.45, 7) is 10.4. The van der Waals surface area contributed by atoms with Crippen LogP contribution in [-0.4, -0.2) is 43.3 Å². The molecular weight excluding hydrogens is 529 g/mol. The first-order chi connectivity index (χ1) is 18.7. The molecule has 1 atom stereocenters. The van der Waals surface area contributed by atoms with E-state index in [0.29, 0.717) is 23.2 Å².